The Balaban J connectivity index is 1.38. The molecule has 4 aromatic rings. The lowest BCUT2D eigenvalue weighted by Crippen LogP contribution is -2.50. The average molecular weight is 513 g/mol. The maximum Gasteiger partial charge on any atom is 0.261 e. The van der Waals surface area contributed by atoms with Gasteiger partial charge in [-0.15, -0.1) is 0 Å². The Morgan fingerprint density at radius 3 is 2.34 bits per heavy atom. The highest BCUT2D eigenvalue weighted by Crippen LogP contribution is 2.27. The fourth-order valence-electron chi connectivity index (χ4n) is 5.04. The van der Waals surface area contributed by atoms with E-state index in [1.165, 1.54) is 0 Å². The minimum atomic E-state index is -0.108. The van der Waals surface area contributed by atoms with Crippen LogP contribution >= 0.6 is 0 Å². The predicted molar refractivity (Wildman–Crippen MR) is 147 cm³/mol. The average Bonchev–Trinajstić information content (AvgIpc) is 2.98. The van der Waals surface area contributed by atoms with Crippen molar-refractivity contribution in [2.24, 2.45) is 0 Å². The first-order chi connectivity index (χ1) is 18.5. The van der Waals surface area contributed by atoms with E-state index in [0.717, 1.165) is 11.4 Å². The van der Waals surface area contributed by atoms with Gasteiger partial charge in [0.2, 0.25) is 0 Å². The summed E-state index contributed by atoms with van der Waals surface area (Å²) in [5.41, 5.74) is 2.22. The Morgan fingerprint density at radius 2 is 1.63 bits per heavy atom. The van der Waals surface area contributed by atoms with Crippen molar-refractivity contribution < 1.29 is 14.3 Å². The van der Waals surface area contributed by atoms with Gasteiger partial charge in [0.05, 0.1) is 43.3 Å². The van der Waals surface area contributed by atoms with Gasteiger partial charge in [0.1, 0.15) is 17.3 Å². The molecule has 0 N–H and O–H groups in total. The van der Waals surface area contributed by atoms with E-state index in [4.69, 9.17) is 14.5 Å². The highest BCUT2D eigenvalue weighted by atomic mass is 16.5. The first-order valence-electron chi connectivity index (χ1n) is 12.8. The molecular weight excluding hydrogens is 480 g/mol. The molecule has 2 heterocycles. The third kappa shape index (κ3) is 4.99. The molecule has 1 aromatic heterocycles. The SMILES string of the molecule is COc1ccc(C(=O)N2CCN(C(C)c3nc4ccccc4c(=O)n3Cc3ccccc3)CC2)c(OC)c1. The third-order valence-corrected chi connectivity index (χ3v) is 7.24. The minimum absolute atomic E-state index is 0.0401. The molecule has 38 heavy (non-hydrogen) atoms. The molecule has 0 bridgehead atoms. The Labute approximate surface area is 222 Å². The van der Waals surface area contributed by atoms with Crippen LogP contribution < -0.4 is 15.0 Å². The Morgan fingerprint density at radius 1 is 0.921 bits per heavy atom. The van der Waals surface area contributed by atoms with E-state index in [2.05, 4.69) is 11.8 Å². The highest BCUT2D eigenvalue weighted by Gasteiger charge is 2.29. The number of para-hydroxylation sites is 1. The summed E-state index contributed by atoms with van der Waals surface area (Å²) in [6.45, 7) is 5.00. The molecule has 3 aromatic carbocycles. The summed E-state index contributed by atoms with van der Waals surface area (Å²) in [5.74, 6) is 1.80. The van der Waals surface area contributed by atoms with Crippen molar-refractivity contribution in [3.63, 3.8) is 0 Å². The van der Waals surface area contributed by atoms with E-state index in [9.17, 15) is 9.59 Å². The quantitative estimate of drug-likeness (QED) is 0.373. The van der Waals surface area contributed by atoms with E-state index < -0.39 is 0 Å². The van der Waals surface area contributed by atoms with Crippen LogP contribution in [0.1, 0.15) is 34.7 Å². The number of ether oxygens (including phenoxy) is 2. The smallest absolute Gasteiger partial charge is 0.261 e. The second-order valence-electron chi connectivity index (χ2n) is 9.43. The zero-order chi connectivity index (χ0) is 26.6. The number of fused-ring (bicyclic) bond motifs is 1. The van der Waals surface area contributed by atoms with Crippen molar-refractivity contribution in [1.82, 2.24) is 19.4 Å². The maximum absolute atomic E-state index is 13.6. The molecule has 0 radical (unpaired) electrons. The number of benzene rings is 3. The monoisotopic (exact) mass is 512 g/mol. The normalized spacial score (nSPS) is 14.9. The van der Waals surface area contributed by atoms with Crippen LogP contribution in [0.5, 0.6) is 11.5 Å². The zero-order valence-electron chi connectivity index (χ0n) is 22.0. The van der Waals surface area contributed by atoms with Crippen molar-refractivity contribution in [1.29, 1.82) is 0 Å². The second-order valence-corrected chi connectivity index (χ2v) is 9.43. The number of hydrogen-bond acceptors (Lipinski definition) is 6. The molecule has 1 atom stereocenters. The summed E-state index contributed by atoms with van der Waals surface area (Å²) in [6.07, 6.45) is 0. The zero-order valence-corrected chi connectivity index (χ0v) is 22.0. The molecule has 0 aliphatic carbocycles. The van der Waals surface area contributed by atoms with Crippen molar-refractivity contribution in [2.75, 3.05) is 40.4 Å². The standard InChI is InChI=1S/C30H32N4O4/c1-21(32-15-17-33(18-16-32)29(35)25-14-13-23(37-2)19-27(25)38-3)28-31-26-12-8-7-11-24(26)30(36)34(28)20-22-9-5-4-6-10-22/h4-14,19,21H,15-18,20H2,1-3H3. The van der Waals surface area contributed by atoms with Crippen LogP contribution in [-0.2, 0) is 6.54 Å². The van der Waals surface area contributed by atoms with E-state index in [1.807, 2.05) is 59.5 Å². The van der Waals surface area contributed by atoms with Crippen molar-refractivity contribution in [3.8, 4) is 11.5 Å². The summed E-state index contributed by atoms with van der Waals surface area (Å²) in [7, 11) is 3.14. The van der Waals surface area contributed by atoms with Gasteiger partial charge in [0.15, 0.2) is 0 Å². The first-order valence-corrected chi connectivity index (χ1v) is 12.8. The summed E-state index contributed by atoms with van der Waals surface area (Å²) in [5, 5.41) is 0.614. The molecule has 1 aliphatic heterocycles. The number of nitrogens with zero attached hydrogens (tertiary/aromatic N) is 4. The molecule has 0 saturated carbocycles. The van der Waals surface area contributed by atoms with Crippen LogP contribution in [0, 0.1) is 0 Å². The Kier molecular flexibility index (Phi) is 7.42. The van der Waals surface area contributed by atoms with Crippen LogP contribution in [0.25, 0.3) is 10.9 Å². The number of hydrogen-bond donors (Lipinski definition) is 0. The number of piperazine rings is 1. The molecule has 5 rings (SSSR count). The lowest BCUT2D eigenvalue weighted by molar-refractivity contribution is 0.0568. The van der Waals surface area contributed by atoms with Crippen LogP contribution in [0.15, 0.2) is 77.6 Å². The lowest BCUT2D eigenvalue weighted by Gasteiger charge is -2.38. The summed E-state index contributed by atoms with van der Waals surface area (Å²) < 4.78 is 12.5. The molecule has 1 amide bonds. The van der Waals surface area contributed by atoms with Crippen molar-refractivity contribution in [2.45, 2.75) is 19.5 Å². The van der Waals surface area contributed by atoms with Gasteiger partial charge in [-0.2, -0.15) is 0 Å². The van der Waals surface area contributed by atoms with E-state index in [-0.39, 0.29) is 17.5 Å². The summed E-state index contributed by atoms with van der Waals surface area (Å²) in [6, 6.07) is 22.6. The van der Waals surface area contributed by atoms with Crippen molar-refractivity contribution in [3.05, 3.63) is 100 Å². The van der Waals surface area contributed by atoms with Gasteiger partial charge in [-0.1, -0.05) is 42.5 Å². The number of methoxy groups -OCH3 is 2. The molecule has 8 nitrogen and oxygen atoms in total. The van der Waals surface area contributed by atoms with Crippen LogP contribution in [0.4, 0.5) is 0 Å². The second kappa shape index (κ2) is 11.1. The molecular formula is C30H32N4O4. The molecule has 1 aliphatic rings. The van der Waals surface area contributed by atoms with E-state index in [1.54, 1.807) is 37.0 Å². The van der Waals surface area contributed by atoms with Gasteiger partial charge in [0, 0.05) is 32.2 Å². The molecule has 8 heteroatoms. The summed E-state index contributed by atoms with van der Waals surface area (Å²) >= 11 is 0. The minimum Gasteiger partial charge on any atom is -0.497 e. The van der Waals surface area contributed by atoms with Crippen LogP contribution in [0.2, 0.25) is 0 Å². The number of carbonyl (C=O) groups excluding carboxylic acids is 1. The number of amides is 1. The van der Waals surface area contributed by atoms with Gasteiger partial charge < -0.3 is 14.4 Å². The van der Waals surface area contributed by atoms with Crippen molar-refractivity contribution >= 4 is 16.8 Å². The Bertz CT molecular complexity index is 1490. The number of aromatic nitrogens is 2. The van der Waals surface area contributed by atoms with E-state index >= 15 is 0 Å². The molecule has 1 fully saturated rings. The van der Waals surface area contributed by atoms with E-state index in [0.29, 0.717) is 60.7 Å². The molecule has 0 spiro atoms. The Hall–Kier alpha value is -4.17. The predicted octanol–water partition coefficient (Wildman–Crippen LogP) is 3.98. The van der Waals surface area contributed by atoms with Crippen LogP contribution in [-0.4, -0.2) is 65.7 Å². The van der Waals surface area contributed by atoms with Gasteiger partial charge in [-0.05, 0) is 36.8 Å². The maximum atomic E-state index is 13.6. The molecule has 196 valence electrons. The largest absolute Gasteiger partial charge is 0.497 e. The lowest BCUT2D eigenvalue weighted by atomic mass is 10.1. The van der Waals surface area contributed by atoms with Gasteiger partial charge in [-0.3, -0.25) is 19.1 Å². The topological polar surface area (TPSA) is 76.9 Å². The summed E-state index contributed by atoms with van der Waals surface area (Å²) in [4.78, 5) is 36.0. The van der Waals surface area contributed by atoms with Crippen LogP contribution in [0.3, 0.4) is 0 Å². The highest BCUT2D eigenvalue weighted by molar-refractivity contribution is 5.97. The van der Waals surface area contributed by atoms with Gasteiger partial charge in [0.25, 0.3) is 11.5 Å². The van der Waals surface area contributed by atoms with Gasteiger partial charge >= 0.3 is 0 Å². The molecule has 1 saturated heterocycles. The number of rotatable bonds is 7. The first kappa shape index (κ1) is 25.5. The third-order valence-electron chi connectivity index (χ3n) is 7.24. The fraction of sp³-hybridized carbons (Fsp3) is 0.300. The number of carbonyl (C=O) groups is 1. The molecule has 1 unspecified atom stereocenters. The fourth-order valence-corrected chi connectivity index (χ4v) is 5.04. The van der Waals surface area contributed by atoms with Gasteiger partial charge in [-0.25, -0.2) is 4.98 Å².